The third kappa shape index (κ3) is 3.36. The number of hydrogen-bond acceptors (Lipinski definition) is 5. The van der Waals surface area contributed by atoms with E-state index >= 15 is 0 Å². The fraction of sp³-hybridized carbons (Fsp3) is 0.190. The molecule has 0 saturated carbocycles. The summed E-state index contributed by atoms with van der Waals surface area (Å²) in [5.41, 5.74) is 4.64. The van der Waals surface area contributed by atoms with Crippen LogP contribution in [0.15, 0.2) is 42.5 Å². The lowest BCUT2D eigenvalue weighted by atomic mass is 10.1. The van der Waals surface area contributed by atoms with E-state index in [0.29, 0.717) is 17.1 Å². The molecular formula is C21H20N4O2S. The van der Waals surface area contributed by atoms with Gasteiger partial charge in [-0.25, -0.2) is 4.98 Å². The van der Waals surface area contributed by atoms with Gasteiger partial charge in [-0.2, -0.15) is 9.78 Å². The maximum absolute atomic E-state index is 12.7. The summed E-state index contributed by atoms with van der Waals surface area (Å²) < 4.78 is 7.94. The SMILES string of the molecule is COc1ccc(C(=O)Nc2cc(C)nn2-c2nc3c(C)cc(C)cc3s2)cc1. The summed E-state index contributed by atoms with van der Waals surface area (Å²) in [7, 11) is 1.59. The molecule has 0 unspecified atom stereocenters. The molecule has 0 aliphatic rings. The average Bonchev–Trinajstić information content (AvgIpc) is 3.25. The molecule has 0 aliphatic heterocycles. The summed E-state index contributed by atoms with van der Waals surface area (Å²) >= 11 is 1.56. The van der Waals surface area contributed by atoms with Crippen molar-refractivity contribution in [1.29, 1.82) is 0 Å². The molecule has 0 atom stereocenters. The Kier molecular flexibility index (Phi) is 4.60. The molecule has 142 valence electrons. The average molecular weight is 392 g/mol. The number of amides is 1. The molecule has 1 amide bonds. The number of nitrogens with one attached hydrogen (secondary N) is 1. The highest BCUT2D eigenvalue weighted by Gasteiger charge is 2.16. The fourth-order valence-corrected chi connectivity index (χ4v) is 4.22. The lowest BCUT2D eigenvalue weighted by molar-refractivity contribution is 0.102. The van der Waals surface area contributed by atoms with Gasteiger partial charge in [-0.1, -0.05) is 17.4 Å². The quantitative estimate of drug-likeness (QED) is 0.548. The molecule has 2 heterocycles. The van der Waals surface area contributed by atoms with Crippen LogP contribution in [0.2, 0.25) is 0 Å². The second kappa shape index (κ2) is 7.09. The van der Waals surface area contributed by atoms with Gasteiger partial charge in [-0.05, 0) is 62.2 Å². The Labute approximate surface area is 166 Å². The summed E-state index contributed by atoms with van der Waals surface area (Å²) in [5.74, 6) is 1.08. The minimum Gasteiger partial charge on any atom is -0.497 e. The van der Waals surface area contributed by atoms with E-state index in [1.165, 1.54) is 5.56 Å². The van der Waals surface area contributed by atoms with Gasteiger partial charge >= 0.3 is 0 Å². The third-order valence-corrected chi connectivity index (χ3v) is 5.40. The van der Waals surface area contributed by atoms with Crippen LogP contribution >= 0.6 is 11.3 Å². The van der Waals surface area contributed by atoms with Gasteiger partial charge in [0, 0.05) is 11.6 Å². The summed E-state index contributed by atoms with van der Waals surface area (Å²) in [6, 6.07) is 13.1. The maximum Gasteiger partial charge on any atom is 0.256 e. The highest BCUT2D eigenvalue weighted by molar-refractivity contribution is 7.20. The topological polar surface area (TPSA) is 69.0 Å². The Morgan fingerprint density at radius 1 is 1.11 bits per heavy atom. The van der Waals surface area contributed by atoms with Gasteiger partial charge in [0.25, 0.3) is 5.91 Å². The van der Waals surface area contributed by atoms with Gasteiger partial charge < -0.3 is 10.1 Å². The molecule has 2 aromatic carbocycles. The van der Waals surface area contributed by atoms with Crippen LogP contribution in [0, 0.1) is 20.8 Å². The van der Waals surface area contributed by atoms with Crippen molar-refractivity contribution in [2.24, 2.45) is 0 Å². The second-order valence-corrected chi connectivity index (χ2v) is 7.70. The van der Waals surface area contributed by atoms with Gasteiger partial charge in [0.1, 0.15) is 11.6 Å². The van der Waals surface area contributed by atoms with Crippen molar-refractivity contribution in [2.75, 3.05) is 12.4 Å². The van der Waals surface area contributed by atoms with Gasteiger partial charge in [-0.3, -0.25) is 4.79 Å². The molecule has 7 heteroatoms. The van der Waals surface area contributed by atoms with Crippen LogP contribution in [0.25, 0.3) is 15.3 Å². The number of methoxy groups -OCH3 is 1. The summed E-state index contributed by atoms with van der Waals surface area (Å²) in [5, 5.41) is 8.20. The molecule has 0 aliphatic carbocycles. The van der Waals surface area contributed by atoms with Crippen molar-refractivity contribution in [3.05, 3.63) is 64.8 Å². The third-order valence-electron chi connectivity index (χ3n) is 4.43. The molecule has 4 aromatic rings. The van der Waals surface area contributed by atoms with Crippen LogP contribution in [0.1, 0.15) is 27.2 Å². The monoisotopic (exact) mass is 392 g/mol. The smallest absolute Gasteiger partial charge is 0.256 e. The van der Waals surface area contributed by atoms with Crippen LogP contribution in [-0.4, -0.2) is 27.8 Å². The molecule has 1 N–H and O–H groups in total. The van der Waals surface area contributed by atoms with E-state index in [2.05, 4.69) is 36.4 Å². The van der Waals surface area contributed by atoms with Gasteiger partial charge in [0.05, 0.1) is 23.0 Å². The minimum atomic E-state index is -0.211. The normalized spacial score (nSPS) is 11.0. The maximum atomic E-state index is 12.7. The standard InChI is InChI=1S/C21H20N4O2S/c1-12-9-13(2)19-17(10-12)28-21(23-19)25-18(11-14(3)24-25)22-20(26)15-5-7-16(27-4)8-6-15/h5-11H,1-4H3,(H,22,26). The van der Waals surface area contributed by atoms with Gasteiger partial charge in [0.15, 0.2) is 0 Å². The van der Waals surface area contributed by atoms with E-state index in [0.717, 1.165) is 26.6 Å². The number of carbonyl (C=O) groups excluding carboxylic acids is 1. The zero-order valence-corrected chi connectivity index (χ0v) is 16.9. The van der Waals surface area contributed by atoms with Crippen molar-refractivity contribution in [3.8, 4) is 10.9 Å². The van der Waals surface area contributed by atoms with Crippen LogP contribution < -0.4 is 10.1 Å². The van der Waals surface area contributed by atoms with Crippen molar-refractivity contribution >= 4 is 33.3 Å². The van der Waals surface area contributed by atoms with Crippen molar-refractivity contribution in [3.63, 3.8) is 0 Å². The Morgan fingerprint density at radius 3 is 2.57 bits per heavy atom. The minimum absolute atomic E-state index is 0.211. The van der Waals surface area contributed by atoms with E-state index in [9.17, 15) is 4.79 Å². The van der Waals surface area contributed by atoms with Gasteiger partial charge in [0.2, 0.25) is 5.13 Å². The number of benzene rings is 2. The van der Waals surface area contributed by atoms with Crippen molar-refractivity contribution < 1.29 is 9.53 Å². The number of ether oxygens (including phenoxy) is 1. The summed E-state index contributed by atoms with van der Waals surface area (Å²) in [6.45, 7) is 6.02. The molecule has 28 heavy (non-hydrogen) atoms. The highest BCUT2D eigenvalue weighted by Crippen LogP contribution is 2.30. The zero-order valence-electron chi connectivity index (χ0n) is 16.1. The molecule has 0 fully saturated rings. The molecule has 2 aromatic heterocycles. The molecule has 0 bridgehead atoms. The number of hydrogen-bond donors (Lipinski definition) is 1. The number of rotatable bonds is 4. The predicted molar refractivity (Wildman–Crippen MR) is 112 cm³/mol. The van der Waals surface area contributed by atoms with Crippen LogP contribution in [-0.2, 0) is 0 Å². The molecule has 0 radical (unpaired) electrons. The number of carbonyl (C=O) groups is 1. The Hall–Kier alpha value is -3.19. The van der Waals surface area contributed by atoms with E-state index in [1.807, 2.05) is 13.0 Å². The fourth-order valence-electron chi connectivity index (χ4n) is 3.11. The molecule has 0 spiro atoms. The second-order valence-electron chi connectivity index (χ2n) is 6.69. The number of thiazole rings is 1. The molecule has 4 rings (SSSR count). The first-order chi connectivity index (χ1) is 13.4. The summed E-state index contributed by atoms with van der Waals surface area (Å²) in [6.07, 6.45) is 0. The van der Waals surface area contributed by atoms with Gasteiger partial charge in [-0.15, -0.1) is 0 Å². The van der Waals surface area contributed by atoms with E-state index in [-0.39, 0.29) is 5.91 Å². The zero-order chi connectivity index (χ0) is 19.8. The number of anilines is 1. The van der Waals surface area contributed by atoms with Crippen LogP contribution in [0.3, 0.4) is 0 Å². The Morgan fingerprint density at radius 2 is 1.86 bits per heavy atom. The first kappa shape index (κ1) is 18.2. The summed E-state index contributed by atoms with van der Waals surface area (Å²) in [4.78, 5) is 17.4. The number of aryl methyl sites for hydroxylation is 3. The number of aromatic nitrogens is 3. The number of nitrogens with zero attached hydrogens (tertiary/aromatic N) is 3. The van der Waals surface area contributed by atoms with E-state index in [1.54, 1.807) is 47.4 Å². The van der Waals surface area contributed by atoms with Crippen molar-refractivity contribution in [2.45, 2.75) is 20.8 Å². The van der Waals surface area contributed by atoms with E-state index in [4.69, 9.17) is 9.72 Å². The van der Waals surface area contributed by atoms with Crippen LogP contribution in [0.5, 0.6) is 5.75 Å². The largest absolute Gasteiger partial charge is 0.497 e. The molecule has 6 nitrogen and oxygen atoms in total. The highest BCUT2D eigenvalue weighted by atomic mass is 32.1. The predicted octanol–water partition coefficient (Wildman–Crippen LogP) is 4.67. The lowest BCUT2D eigenvalue weighted by Crippen LogP contribution is -2.15. The Bertz CT molecular complexity index is 1180. The first-order valence-corrected chi connectivity index (χ1v) is 9.66. The Balaban J connectivity index is 1.69. The van der Waals surface area contributed by atoms with E-state index < -0.39 is 0 Å². The molecular weight excluding hydrogens is 372 g/mol. The number of fused-ring (bicyclic) bond motifs is 1. The molecule has 0 saturated heterocycles. The van der Waals surface area contributed by atoms with Crippen LogP contribution in [0.4, 0.5) is 5.82 Å². The van der Waals surface area contributed by atoms with Crippen molar-refractivity contribution in [1.82, 2.24) is 14.8 Å². The lowest BCUT2D eigenvalue weighted by Gasteiger charge is -2.07. The first-order valence-electron chi connectivity index (χ1n) is 8.85.